The first-order chi connectivity index (χ1) is 5.18. The van der Waals surface area contributed by atoms with Gasteiger partial charge in [0.1, 0.15) is 5.82 Å². The molecule has 0 aliphatic rings. The molecule has 11 heavy (non-hydrogen) atoms. The van der Waals surface area contributed by atoms with Crippen LogP contribution in [0.5, 0.6) is 0 Å². The van der Waals surface area contributed by atoms with E-state index in [1.165, 1.54) is 12.1 Å². The number of benzene rings is 1. The summed E-state index contributed by atoms with van der Waals surface area (Å²) in [6.07, 6.45) is 0. The maximum absolute atomic E-state index is 12.4. The van der Waals surface area contributed by atoms with Crippen LogP contribution in [0.15, 0.2) is 24.3 Å². The maximum atomic E-state index is 12.4. The molecule has 1 rings (SSSR count). The van der Waals surface area contributed by atoms with E-state index < -0.39 is 0 Å². The van der Waals surface area contributed by atoms with E-state index >= 15 is 0 Å². The zero-order chi connectivity index (χ0) is 8.27. The Hall–Kier alpha value is 0.570. The predicted octanol–water partition coefficient (Wildman–Crippen LogP) is 3.33. The zero-order valence-electron chi connectivity index (χ0n) is 5.60. The maximum Gasteiger partial charge on any atom is 0.123 e. The molecule has 0 atom stereocenters. The van der Waals surface area contributed by atoms with Gasteiger partial charge in [0.05, 0.1) is 0 Å². The Morgan fingerprint density at radius 3 is 2.18 bits per heavy atom. The van der Waals surface area contributed by atoms with Crippen molar-refractivity contribution < 1.29 is 4.39 Å². The van der Waals surface area contributed by atoms with Crippen LogP contribution in [0.25, 0.3) is 0 Å². The second kappa shape index (κ2) is 4.56. The Kier molecular flexibility index (Phi) is 4.00. The number of halogens is 3. The smallest absolute Gasteiger partial charge is 0.123 e. The number of hydrogen-bond acceptors (Lipinski definition) is 1. The zero-order valence-corrected chi connectivity index (χ0v) is 9.91. The van der Waals surface area contributed by atoms with Crippen molar-refractivity contribution in [3.05, 3.63) is 35.6 Å². The molecule has 0 fully saturated rings. The van der Waals surface area contributed by atoms with Gasteiger partial charge in [0.25, 0.3) is 0 Å². The van der Waals surface area contributed by atoms with E-state index in [-0.39, 0.29) is 5.82 Å². The highest BCUT2D eigenvalue weighted by Crippen LogP contribution is 2.13. The lowest BCUT2D eigenvalue weighted by Gasteiger charge is -2.03. The van der Waals surface area contributed by atoms with Crippen molar-refractivity contribution in [1.82, 2.24) is 1.33 Å². The van der Waals surface area contributed by atoms with Crippen molar-refractivity contribution in [1.29, 1.82) is 0 Å². The van der Waals surface area contributed by atoms with Crippen LogP contribution in [0, 0.1) is 5.82 Å². The van der Waals surface area contributed by atoms with E-state index in [0.717, 1.165) is 12.1 Å². The molecule has 0 saturated heterocycles. The van der Waals surface area contributed by atoms with Crippen LogP contribution in [0.4, 0.5) is 4.39 Å². The van der Waals surface area contributed by atoms with Gasteiger partial charge in [-0.25, -0.2) is 4.39 Å². The summed E-state index contributed by atoms with van der Waals surface area (Å²) in [4.78, 5) is 0. The third kappa shape index (κ3) is 3.66. The summed E-state index contributed by atoms with van der Waals surface area (Å²) in [6, 6.07) is 6.54. The Balaban J connectivity index is 2.66. The molecule has 0 N–H and O–H groups in total. The van der Waals surface area contributed by atoms with E-state index in [4.69, 9.17) is 0 Å². The van der Waals surface area contributed by atoms with Crippen molar-refractivity contribution in [3.8, 4) is 0 Å². The Labute approximate surface area is 93.0 Å². The average molecular weight is 377 g/mol. The first-order valence-electron chi connectivity index (χ1n) is 3.02. The lowest BCUT2D eigenvalue weighted by molar-refractivity contribution is 0.626. The molecular weight excluding hydrogens is 371 g/mol. The van der Waals surface area contributed by atoms with Crippen LogP contribution in [0.3, 0.4) is 0 Å². The molecule has 0 aliphatic carbocycles. The quantitative estimate of drug-likeness (QED) is 0.565. The van der Waals surface area contributed by atoms with Crippen molar-refractivity contribution in [2.45, 2.75) is 6.54 Å². The molecule has 60 valence electrons. The molecular formula is C7H6FI2N. The van der Waals surface area contributed by atoms with Crippen molar-refractivity contribution >= 4 is 45.7 Å². The topological polar surface area (TPSA) is 3.24 Å². The van der Waals surface area contributed by atoms with E-state index in [1.807, 2.05) is 1.33 Å². The summed E-state index contributed by atoms with van der Waals surface area (Å²) in [5.74, 6) is -0.179. The number of rotatable bonds is 2. The molecule has 0 heterocycles. The van der Waals surface area contributed by atoms with Gasteiger partial charge in [0, 0.05) is 52.3 Å². The summed E-state index contributed by atoms with van der Waals surface area (Å²) in [6.45, 7) is 0.835. The molecule has 4 heteroatoms. The van der Waals surface area contributed by atoms with Gasteiger partial charge in [-0.1, -0.05) is 12.1 Å². The monoisotopic (exact) mass is 377 g/mol. The molecule has 1 aromatic rings. The van der Waals surface area contributed by atoms with Gasteiger partial charge in [-0.3, -0.25) is 0 Å². The molecule has 1 nitrogen and oxygen atoms in total. The van der Waals surface area contributed by atoms with Crippen molar-refractivity contribution in [2.24, 2.45) is 0 Å². The highest BCUT2D eigenvalue weighted by Gasteiger charge is 1.96. The fourth-order valence-electron chi connectivity index (χ4n) is 0.728. The van der Waals surface area contributed by atoms with Crippen LogP contribution in [0.1, 0.15) is 5.56 Å². The summed E-state index contributed by atoms with van der Waals surface area (Å²) in [5.41, 5.74) is 1.12. The predicted molar refractivity (Wildman–Crippen MR) is 60.0 cm³/mol. The SMILES string of the molecule is Fc1ccc(CN(I)I)cc1. The second-order valence-electron chi connectivity index (χ2n) is 2.09. The molecule has 0 aliphatic heterocycles. The summed E-state index contributed by atoms with van der Waals surface area (Å²) >= 11 is 4.36. The van der Waals surface area contributed by atoms with Crippen molar-refractivity contribution in [3.63, 3.8) is 0 Å². The average Bonchev–Trinajstić information content (AvgIpc) is 1.93. The summed E-state index contributed by atoms with van der Waals surface area (Å²) in [5, 5.41) is 0. The van der Waals surface area contributed by atoms with Gasteiger partial charge in [0.2, 0.25) is 0 Å². The Bertz CT molecular complexity index is 222. The van der Waals surface area contributed by atoms with E-state index in [1.54, 1.807) is 12.1 Å². The Morgan fingerprint density at radius 1 is 1.18 bits per heavy atom. The second-order valence-corrected chi connectivity index (χ2v) is 6.26. The largest absolute Gasteiger partial charge is 0.207 e. The van der Waals surface area contributed by atoms with Gasteiger partial charge in [-0.15, -0.1) is 0 Å². The molecule has 0 spiro atoms. The van der Waals surface area contributed by atoms with Crippen LogP contribution in [0.2, 0.25) is 0 Å². The molecule has 0 unspecified atom stereocenters. The molecule has 0 aromatic heterocycles. The molecule has 0 amide bonds. The van der Waals surface area contributed by atoms with Gasteiger partial charge in [-0.2, -0.15) is 1.33 Å². The molecule has 0 radical (unpaired) electrons. The molecule has 0 bridgehead atoms. The van der Waals surface area contributed by atoms with E-state index in [9.17, 15) is 4.39 Å². The standard InChI is InChI=1S/C7H6FI2N/c8-7-3-1-6(2-4-7)5-11(9)10/h1-4H,5H2. The van der Waals surface area contributed by atoms with Gasteiger partial charge in [-0.05, 0) is 17.7 Å². The van der Waals surface area contributed by atoms with Crippen LogP contribution < -0.4 is 0 Å². The van der Waals surface area contributed by atoms with E-state index in [2.05, 4.69) is 45.7 Å². The fraction of sp³-hybridized carbons (Fsp3) is 0.143. The minimum Gasteiger partial charge on any atom is -0.207 e. The van der Waals surface area contributed by atoms with Gasteiger partial charge >= 0.3 is 0 Å². The minimum atomic E-state index is -0.179. The highest BCUT2D eigenvalue weighted by molar-refractivity contribution is 14.2. The van der Waals surface area contributed by atoms with E-state index in [0.29, 0.717) is 0 Å². The third-order valence-electron chi connectivity index (χ3n) is 1.22. The third-order valence-corrected chi connectivity index (χ3v) is 1.90. The molecule has 1 aromatic carbocycles. The van der Waals surface area contributed by atoms with Gasteiger partial charge in [0.15, 0.2) is 0 Å². The number of hydrogen-bond donors (Lipinski definition) is 0. The number of nitrogens with zero attached hydrogens (tertiary/aromatic N) is 1. The van der Waals surface area contributed by atoms with Crippen LogP contribution in [-0.2, 0) is 6.54 Å². The Morgan fingerprint density at radius 2 is 1.73 bits per heavy atom. The fourth-order valence-corrected chi connectivity index (χ4v) is 1.52. The minimum absolute atomic E-state index is 0.179. The first kappa shape index (κ1) is 9.66. The first-order valence-corrected chi connectivity index (χ1v) is 4.95. The van der Waals surface area contributed by atoms with Crippen LogP contribution in [-0.4, -0.2) is 1.33 Å². The summed E-state index contributed by atoms with van der Waals surface area (Å²) < 4.78 is 14.4. The summed E-state index contributed by atoms with van der Waals surface area (Å²) in [7, 11) is 0. The van der Waals surface area contributed by atoms with Crippen LogP contribution >= 0.6 is 45.7 Å². The molecule has 0 saturated carbocycles. The highest BCUT2D eigenvalue weighted by atomic mass is 127. The van der Waals surface area contributed by atoms with Crippen molar-refractivity contribution in [2.75, 3.05) is 0 Å². The van der Waals surface area contributed by atoms with Gasteiger partial charge < -0.3 is 0 Å². The normalized spacial score (nSPS) is 10.5. The lowest BCUT2D eigenvalue weighted by Crippen LogP contribution is -1.95. The lowest BCUT2D eigenvalue weighted by atomic mass is 10.2.